The standard InChI is InChI=1S/C14H26N2O3S/c1-14(2,3)11(12(17)18)16-13(19)15-9-6-5-7-10(8-9)20-4/h9-11H,5-8H2,1-4H3,(H,17,18)(H2,15,16,19)/t9?,10?,11-/m0/s1. The van der Waals surface area contributed by atoms with Crippen molar-refractivity contribution in [2.75, 3.05) is 6.26 Å². The molecule has 3 N–H and O–H groups in total. The number of thioether (sulfide) groups is 1. The summed E-state index contributed by atoms with van der Waals surface area (Å²) in [4.78, 5) is 23.2. The van der Waals surface area contributed by atoms with E-state index in [0.29, 0.717) is 5.25 Å². The summed E-state index contributed by atoms with van der Waals surface area (Å²) >= 11 is 1.83. The average molecular weight is 302 g/mol. The van der Waals surface area contributed by atoms with Gasteiger partial charge in [-0.1, -0.05) is 27.2 Å². The van der Waals surface area contributed by atoms with E-state index in [-0.39, 0.29) is 12.1 Å². The van der Waals surface area contributed by atoms with Gasteiger partial charge in [0.25, 0.3) is 0 Å². The third-order valence-corrected chi connectivity index (χ3v) is 4.78. The normalized spacial score (nSPS) is 24.8. The zero-order chi connectivity index (χ0) is 15.3. The van der Waals surface area contributed by atoms with Crippen LogP contribution in [0.1, 0.15) is 46.5 Å². The first-order chi connectivity index (χ1) is 9.24. The lowest BCUT2D eigenvalue weighted by molar-refractivity contribution is -0.141. The van der Waals surface area contributed by atoms with Gasteiger partial charge in [-0.25, -0.2) is 9.59 Å². The summed E-state index contributed by atoms with van der Waals surface area (Å²) in [5.41, 5.74) is -0.516. The summed E-state index contributed by atoms with van der Waals surface area (Å²) in [6.07, 6.45) is 6.32. The predicted molar refractivity (Wildman–Crippen MR) is 82.1 cm³/mol. The molecule has 0 saturated heterocycles. The van der Waals surface area contributed by atoms with Crippen molar-refractivity contribution in [2.45, 2.75) is 63.8 Å². The second-order valence-electron chi connectivity index (χ2n) is 6.48. The van der Waals surface area contributed by atoms with E-state index in [1.54, 1.807) is 20.8 Å². The molecule has 1 rings (SSSR count). The maximum Gasteiger partial charge on any atom is 0.326 e. The minimum atomic E-state index is -1.00. The third kappa shape index (κ3) is 5.23. The van der Waals surface area contributed by atoms with Gasteiger partial charge in [0.05, 0.1) is 0 Å². The Morgan fingerprint density at radius 1 is 1.30 bits per heavy atom. The minimum absolute atomic E-state index is 0.149. The van der Waals surface area contributed by atoms with Crippen LogP contribution in [0.2, 0.25) is 0 Å². The molecule has 0 aromatic heterocycles. The van der Waals surface area contributed by atoms with Gasteiger partial charge in [-0.15, -0.1) is 0 Å². The lowest BCUT2D eigenvalue weighted by atomic mass is 9.87. The minimum Gasteiger partial charge on any atom is -0.480 e. The second kappa shape index (κ2) is 7.20. The summed E-state index contributed by atoms with van der Waals surface area (Å²) in [6, 6.07) is -1.11. The van der Waals surface area contributed by atoms with Crippen LogP contribution in [0.4, 0.5) is 4.79 Å². The highest BCUT2D eigenvalue weighted by atomic mass is 32.2. The Balaban J connectivity index is 2.52. The Bertz CT molecular complexity index is 355. The molecule has 5 nitrogen and oxygen atoms in total. The van der Waals surface area contributed by atoms with E-state index in [1.807, 2.05) is 11.8 Å². The van der Waals surface area contributed by atoms with Crippen LogP contribution in [-0.4, -0.2) is 40.7 Å². The van der Waals surface area contributed by atoms with Gasteiger partial charge in [-0.05, 0) is 30.9 Å². The van der Waals surface area contributed by atoms with Crippen molar-refractivity contribution in [3.63, 3.8) is 0 Å². The largest absolute Gasteiger partial charge is 0.480 e. The van der Waals surface area contributed by atoms with Crippen molar-refractivity contribution < 1.29 is 14.7 Å². The van der Waals surface area contributed by atoms with Crippen molar-refractivity contribution in [3.05, 3.63) is 0 Å². The van der Waals surface area contributed by atoms with Gasteiger partial charge in [-0.2, -0.15) is 11.8 Å². The van der Waals surface area contributed by atoms with Crippen molar-refractivity contribution in [1.29, 1.82) is 0 Å². The molecule has 3 atom stereocenters. The number of carbonyl (C=O) groups excluding carboxylic acids is 1. The van der Waals surface area contributed by atoms with Gasteiger partial charge >= 0.3 is 12.0 Å². The number of carbonyl (C=O) groups is 2. The number of aliphatic carboxylic acids is 1. The Kier molecular flexibility index (Phi) is 6.17. The summed E-state index contributed by atoms with van der Waals surface area (Å²) in [6.45, 7) is 5.41. The fourth-order valence-corrected chi connectivity index (χ4v) is 3.32. The molecule has 1 aliphatic carbocycles. The van der Waals surface area contributed by atoms with Crippen LogP contribution in [-0.2, 0) is 4.79 Å². The van der Waals surface area contributed by atoms with Gasteiger partial charge in [0, 0.05) is 11.3 Å². The molecule has 2 amide bonds. The zero-order valence-electron chi connectivity index (χ0n) is 12.7. The topological polar surface area (TPSA) is 78.4 Å². The Labute approximate surface area is 125 Å². The van der Waals surface area contributed by atoms with Crippen molar-refractivity contribution in [1.82, 2.24) is 10.6 Å². The Hall–Kier alpha value is -0.910. The first-order valence-electron chi connectivity index (χ1n) is 7.06. The SMILES string of the molecule is CSC1CCCC(NC(=O)N[C@@H](C(=O)O)C(C)(C)C)C1. The molecule has 1 saturated carbocycles. The molecule has 20 heavy (non-hydrogen) atoms. The fourth-order valence-electron chi connectivity index (χ4n) is 2.50. The van der Waals surface area contributed by atoms with Gasteiger partial charge in [0.2, 0.25) is 0 Å². The quantitative estimate of drug-likeness (QED) is 0.745. The molecule has 0 radical (unpaired) electrons. The van der Waals surface area contributed by atoms with Crippen molar-refractivity contribution in [3.8, 4) is 0 Å². The second-order valence-corrected chi connectivity index (χ2v) is 7.61. The summed E-state index contributed by atoms with van der Waals surface area (Å²) in [5, 5.41) is 15.3. The molecule has 0 bridgehead atoms. The van der Waals surface area contributed by atoms with E-state index in [9.17, 15) is 14.7 Å². The van der Waals surface area contributed by atoms with Crippen LogP contribution in [0.25, 0.3) is 0 Å². The molecular formula is C14H26N2O3S. The lowest BCUT2D eigenvalue weighted by Gasteiger charge is -2.31. The number of carboxylic acid groups (broad SMARTS) is 1. The van der Waals surface area contributed by atoms with E-state index in [0.717, 1.165) is 19.3 Å². The zero-order valence-corrected chi connectivity index (χ0v) is 13.5. The number of rotatable bonds is 4. The van der Waals surface area contributed by atoms with Crippen LogP contribution in [0, 0.1) is 5.41 Å². The third-order valence-electron chi connectivity index (χ3n) is 3.68. The monoisotopic (exact) mass is 302 g/mol. The van der Waals surface area contributed by atoms with E-state index in [2.05, 4.69) is 16.9 Å². The molecule has 1 fully saturated rings. The first-order valence-corrected chi connectivity index (χ1v) is 8.35. The van der Waals surface area contributed by atoms with Gasteiger partial charge in [0.15, 0.2) is 0 Å². The number of hydrogen-bond acceptors (Lipinski definition) is 3. The number of hydrogen-bond donors (Lipinski definition) is 3. The number of urea groups is 1. The smallest absolute Gasteiger partial charge is 0.326 e. The predicted octanol–water partition coefficient (Wildman–Crippen LogP) is 2.46. The first kappa shape index (κ1) is 17.1. The van der Waals surface area contributed by atoms with Crippen LogP contribution in [0.15, 0.2) is 0 Å². The number of carboxylic acids is 1. The molecule has 0 aromatic carbocycles. The Morgan fingerprint density at radius 3 is 2.45 bits per heavy atom. The molecule has 1 aliphatic rings. The summed E-state index contributed by atoms with van der Waals surface area (Å²) in [5.74, 6) is -1.00. The lowest BCUT2D eigenvalue weighted by Crippen LogP contribution is -2.54. The molecular weight excluding hydrogens is 276 g/mol. The maximum absolute atomic E-state index is 12.0. The molecule has 0 spiro atoms. The van der Waals surface area contributed by atoms with E-state index in [1.165, 1.54) is 6.42 Å². The summed E-state index contributed by atoms with van der Waals surface area (Å²) < 4.78 is 0. The Morgan fingerprint density at radius 2 is 1.95 bits per heavy atom. The van der Waals surface area contributed by atoms with Crippen molar-refractivity contribution >= 4 is 23.8 Å². The molecule has 116 valence electrons. The molecule has 2 unspecified atom stereocenters. The fraction of sp³-hybridized carbons (Fsp3) is 0.857. The summed E-state index contributed by atoms with van der Waals surface area (Å²) in [7, 11) is 0. The highest BCUT2D eigenvalue weighted by Gasteiger charge is 2.33. The molecule has 0 aromatic rings. The average Bonchev–Trinajstić information content (AvgIpc) is 2.34. The maximum atomic E-state index is 12.0. The van der Waals surface area contributed by atoms with Crippen LogP contribution >= 0.6 is 11.8 Å². The number of amides is 2. The molecule has 0 aliphatic heterocycles. The number of nitrogens with one attached hydrogen (secondary N) is 2. The van der Waals surface area contributed by atoms with Gasteiger partial charge < -0.3 is 15.7 Å². The van der Waals surface area contributed by atoms with E-state index < -0.39 is 17.4 Å². The highest BCUT2D eigenvalue weighted by Crippen LogP contribution is 2.27. The van der Waals surface area contributed by atoms with E-state index in [4.69, 9.17) is 0 Å². The molecule has 0 heterocycles. The molecule has 6 heteroatoms. The van der Waals surface area contributed by atoms with Crippen LogP contribution < -0.4 is 10.6 Å². The van der Waals surface area contributed by atoms with Gasteiger partial charge in [0.1, 0.15) is 6.04 Å². The van der Waals surface area contributed by atoms with Crippen molar-refractivity contribution in [2.24, 2.45) is 5.41 Å². The van der Waals surface area contributed by atoms with Crippen LogP contribution in [0.3, 0.4) is 0 Å². The van der Waals surface area contributed by atoms with Gasteiger partial charge in [-0.3, -0.25) is 0 Å². The van der Waals surface area contributed by atoms with Crippen LogP contribution in [0.5, 0.6) is 0 Å². The highest BCUT2D eigenvalue weighted by molar-refractivity contribution is 7.99. The van der Waals surface area contributed by atoms with E-state index >= 15 is 0 Å².